The molecule has 1 amide bonds. The normalized spacial score (nSPS) is 21.2. The van der Waals surface area contributed by atoms with Crippen molar-refractivity contribution in [1.29, 1.82) is 0 Å². The van der Waals surface area contributed by atoms with Crippen LogP contribution in [0.3, 0.4) is 0 Å². The van der Waals surface area contributed by atoms with Gasteiger partial charge in [-0.05, 0) is 48.7 Å². The zero-order valence-corrected chi connectivity index (χ0v) is 17.4. The lowest BCUT2D eigenvalue weighted by molar-refractivity contribution is -0.151. The smallest absolute Gasteiger partial charge is 0.410 e. The average Bonchev–Trinajstić information content (AvgIpc) is 3.14. The van der Waals surface area contributed by atoms with Crippen LogP contribution in [0.2, 0.25) is 5.02 Å². The Morgan fingerprint density at radius 2 is 2.07 bits per heavy atom. The van der Waals surface area contributed by atoms with Crippen LogP contribution in [0.5, 0.6) is 11.5 Å². The van der Waals surface area contributed by atoms with E-state index in [1.54, 1.807) is 17.0 Å². The van der Waals surface area contributed by atoms with E-state index in [4.69, 9.17) is 30.5 Å². The van der Waals surface area contributed by atoms with Gasteiger partial charge >= 0.3 is 12.1 Å². The maximum atomic E-state index is 12.4. The van der Waals surface area contributed by atoms with Crippen LogP contribution in [0, 0.1) is 0 Å². The molecule has 4 rings (SSSR count). The number of halogens is 1. The summed E-state index contributed by atoms with van der Waals surface area (Å²) >= 11 is 6.06. The van der Waals surface area contributed by atoms with Gasteiger partial charge in [-0.3, -0.25) is 0 Å². The van der Waals surface area contributed by atoms with Gasteiger partial charge in [0.05, 0.1) is 13.7 Å². The SMILES string of the molecule is COC(=O)C1COc2cc(C[C@@H](C)N3CC(c4cccc(Cl)c4)OC3=O)ccc2O1. The third kappa shape index (κ3) is 4.16. The van der Waals surface area contributed by atoms with E-state index in [1.807, 2.05) is 37.3 Å². The number of rotatable bonds is 5. The first-order valence-electron chi connectivity index (χ1n) is 9.67. The quantitative estimate of drug-likeness (QED) is 0.671. The number of hydrogen-bond donors (Lipinski definition) is 0. The van der Waals surface area contributed by atoms with Crippen LogP contribution >= 0.6 is 11.6 Å². The van der Waals surface area contributed by atoms with E-state index >= 15 is 0 Å². The molecule has 0 aliphatic carbocycles. The van der Waals surface area contributed by atoms with Crippen molar-refractivity contribution in [2.75, 3.05) is 20.3 Å². The van der Waals surface area contributed by atoms with Crippen molar-refractivity contribution in [2.45, 2.75) is 31.6 Å². The number of nitrogens with zero attached hydrogens (tertiary/aromatic N) is 1. The van der Waals surface area contributed by atoms with Gasteiger partial charge in [-0.2, -0.15) is 0 Å². The molecule has 8 heteroatoms. The lowest BCUT2D eigenvalue weighted by atomic mass is 10.0. The number of carbonyl (C=O) groups excluding carboxylic acids is 2. The number of amides is 1. The van der Waals surface area contributed by atoms with Crippen molar-refractivity contribution in [2.24, 2.45) is 0 Å². The maximum Gasteiger partial charge on any atom is 0.410 e. The highest BCUT2D eigenvalue weighted by Crippen LogP contribution is 2.34. The van der Waals surface area contributed by atoms with Gasteiger partial charge in [0.2, 0.25) is 6.10 Å². The minimum Gasteiger partial charge on any atom is -0.485 e. The van der Waals surface area contributed by atoms with Gasteiger partial charge < -0.3 is 23.8 Å². The van der Waals surface area contributed by atoms with Gasteiger partial charge in [-0.1, -0.05) is 29.8 Å². The molecule has 1 fully saturated rings. The summed E-state index contributed by atoms with van der Waals surface area (Å²) in [7, 11) is 1.31. The summed E-state index contributed by atoms with van der Waals surface area (Å²) in [5.74, 6) is 0.593. The van der Waals surface area contributed by atoms with Crippen molar-refractivity contribution in [3.63, 3.8) is 0 Å². The number of methoxy groups -OCH3 is 1. The van der Waals surface area contributed by atoms with Gasteiger partial charge in [0.15, 0.2) is 11.5 Å². The highest BCUT2D eigenvalue weighted by Gasteiger charge is 2.35. The van der Waals surface area contributed by atoms with Crippen LogP contribution in [-0.4, -0.2) is 49.4 Å². The zero-order valence-electron chi connectivity index (χ0n) is 16.7. The molecule has 2 aliphatic heterocycles. The first-order chi connectivity index (χ1) is 14.4. The summed E-state index contributed by atoms with van der Waals surface area (Å²) < 4.78 is 21.6. The summed E-state index contributed by atoms with van der Waals surface area (Å²) in [6, 6.07) is 12.8. The Bertz CT molecular complexity index is 964. The zero-order chi connectivity index (χ0) is 21.3. The van der Waals surface area contributed by atoms with Crippen molar-refractivity contribution < 1.29 is 28.5 Å². The molecule has 158 valence electrons. The number of cyclic esters (lactones) is 1. The fraction of sp³-hybridized carbons (Fsp3) is 0.364. The Hall–Kier alpha value is -2.93. The van der Waals surface area contributed by atoms with Gasteiger partial charge in [-0.15, -0.1) is 0 Å². The minimum absolute atomic E-state index is 0.0768. The molecule has 2 aliphatic rings. The third-order valence-corrected chi connectivity index (χ3v) is 5.49. The molecule has 0 N–H and O–H groups in total. The van der Waals surface area contributed by atoms with Crippen LogP contribution < -0.4 is 9.47 Å². The Labute approximate surface area is 179 Å². The Morgan fingerprint density at radius 3 is 2.83 bits per heavy atom. The summed E-state index contributed by atoms with van der Waals surface area (Å²) in [4.78, 5) is 25.8. The van der Waals surface area contributed by atoms with E-state index < -0.39 is 12.1 Å². The monoisotopic (exact) mass is 431 g/mol. The molecule has 0 spiro atoms. The predicted molar refractivity (Wildman–Crippen MR) is 109 cm³/mol. The maximum absolute atomic E-state index is 12.4. The van der Waals surface area contributed by atoms with Crippen LogP contribution in [-0.2, 0) is 20.7 Å². The average molecular weight is 432 g/mol. The Morgan fingerprint density at radius 1 is 1.23 bits per heavy atom. The van der Waals surface area contributed by atoms with Crippen LogP contribution in [0.25, 0.3) is 0 Å². The van der Waals surface area contributed by atoms with E-state index in [2.05, 4.69) is 0 Å². The number of hydrogen-bond acceptors (Lipinski definition) is 6. The van der Waals surface area contributed by atoms with Gasteiger partial charge in [0, 0.05) is 11.1 Å². The predicted octanol–water partition coefficient (Wildman–Crippen LogP) is 3.78. The van der Waals surface area contributed by atoms with Crippen molar-refractivity contribution in [3.05, 3.63) is 58.6 Å². The first kappa shape index (κ1) is 20.3. The van der Waals surface area contributed by atoms with Crippen molar-refractivity contribution >= 4 is 23.7 Å². The molecule has 0 aromatic heterocycles. The molecular formula is C22H22ClNO6. The number of esters is 1. The standard InChI is InChI=1S/C22H22ClNO6/c1-13(24-11-19(30-22(24)26)15-4-3-5-16(23)10-15)8-14-6-7-17-18(9-14)28-12-20(29-17)21(25)27-2/h3-7,9-10,13,19-20H,8,11-12H2,1-2H3/t13-,19?,20?/m1/s1. The van der Waals surface area contributed by atoms with Gasteiger partial charge in [-0.25, -0.2) is 9.59 Å². The fourth-order valence-electron chi connectivity index (χ4n) is 3.66. The minimum atomic E-state index is -0.768. The molecule has 1 saturated heterocycles. The molecule has 2 aromatic carbocycles. The summed E-state index contributed by atoms with van der Waals surface area (Å²) in [6.07, 6.45) is -0.829. The summed E-state index contributed by atoms with van der Waals surface area (Å²) in [5, 5.41) is 0.612. The molecular weight excluding hydrogens is 410 g/mol. The number of fused-ring (bicyclic) bond motifs is 1. The summed E-state index contributed by atoms with van der Waals surface area (Å²) in [6.45, 7) is 2.54. The highest BCUT2D eigenvalue weighted by molar-refractivity contribution is 6.30. The molecule has 3 atom stereocenters. The van der Waals surface area contributed by atoms with E-state index in [-0.39, 0.29) is 24.8 Å². The molecule has 7 nitrogen and oxygen atoms in total. The lowest BCUT2D eigenvalue weighted by Gasteiger charge is -2.26. The topological polar surface area (TPSA) is 74.3 Å². The molecule has 0 radical (unpaired) electrons. The molecule has 0 bridgehead atoms. The van der Waals surface area contributed by atoms with Gasteiger partial charge in [0.1, 0.15) is 12.7 Å². The van der Waals surface area contributed by atoms with Gasteiger partial charge in [0.25, 0.3) is 0 Å². The summed E-state index contributed by atoms with van der Waals surface area (Å²) in [5.41, 5.74) is 1.87. The van der Waals surface area contributed by atoms with E-state index in [1.165, 1.54) is 7.11 Å². The van der Waals surface area contributed by atoms with Crippen molar-refractivity contribution in [1.82, 2.24) is 4.90 Å². The Balaban J connectivity index is 1.41. The van der Waals surface area contributed by atoms with E-state index in [0.29, 0.717) is 29.5 Å². The fourth-order valence-corrected chi connectivity index (χ4v) is 3.86. The number of benzene rings is 2. The second kappa shape index (κ2) is 8.44. The van der Waals surface area contributed by atoms with E-state index in [9.17, 15) is 9.59 Å². The molecule has 2 unspecified atom stereocenters. The molecule has 30 heavy (non-hydrogen) atoms. The van der Waals surface area contributed by atoms with Crippen LogP contribution in [0.4, 0.5) is 4.79 Å². The third-order valence-electron chi connectivity index (χ3n) is 5.26. The van der Waals surface area contributed by atoms with Crippen LogP contribution in [0.1, 0.15) is 24.2 Å². The molecule has 2 aromatic rings. The van der Waals surface area contributed by atoms with Crippen molar-refractivity contribution in [3.8, 4) is 11.5 Å². The second-order valence-corrected chi connectivity index (χ2v) is 7.79. The highest BCUT2D eigenvalue weighted by atomic mass is 35.5. The molecule has 0 saturated carbocycles. The first-order valence-corrected chi connectivity index (χ1v) is 10.1. The largest absolute Gasteiger partial charge is 0.485 e. The van der Waals surface area contributed by atoms with E-state index in [0.717, 1.165) is 11.1 Å². The Kier molecular flexibility index (Phi) is 5.72. The second-order valence-electron chi connectivity index (χ2n) is 7.35. The number of carbonyl (C=O) groups is 2. The lowest BCUT2D eigenvalue weighted by Crippen LogP contribution is -2.37. The van der Waals surface area contributed by atoms with Crippen LogP contribution in [0.15, 0.2) is 42.5 Å². The number of ether oxygens (including phenoxy) is 4. The molecule has 2 heterocycles.